The van der Waals surface area contributed by atoms with Crippen LogP contribution in [0.15, 0.2) is 18.2 Å². The number of ether oxygens (including phenoxy) is 3. The maximum absolute atomic E-state index is 11.2. The van der Waals surface area contributed by atoms with E-state index in [-0.39, 0.29) is 18.1 Å². The summed E-state index contributed by atoms with van der Waals surface area (Å²) in [5.74, 6) is 1.68. The normalized spacial score (nSPS) is 23.6. The second-order valence-corrected chi connectivity index (χ2v) is 6.50. The van der Waals surface area contributed by atoms with Crippen LogP contribution in [0.5, 0.6) is 11.5 Å². The highest BCUT2D eigenvalue weighted by atomic mass is 16.6. The third kappa shape index (κ3) is 3.14. The van der Waals surface area contributed by atoms with E-state index in [0.717, 1.165) is 44.0 Å². The van der Waals surface area contributed by atoms with Gasteiger partial charge < -0.3 is 19.5 Å². The molecule has 0 atom stereocenters. The van der Waals surface area contributed by atoms with Crippen LogP contribution in [0, 0.1) is 0 Å². The van der Waals surface area contributed by atoms with Crippen LogP contribution in [-0.2, 0) is 16.1 Å². The van der Waals surface area contributed by atoms with Gasteiger partial charge in [0.25, 0.3) is 0 Å². The van der Waals surface area contributed by atoms with E-state index in [9.17, 15) is 4.79 Å². The number of benzene rings is 1. The van der Waals surface area contributed by atoms with Crippen LogP contribution in [0.3, 0.4) is 0 Å². The first kappa shape index (κ1) is 14.8. The fraction of sp³-hybridized carbons (Fsp3) is 0.588. The van der Waals surface area contributed by atoms with Crippen molar-refractivity contribution < 1.29 is 19.0 Å². The molecule has 0 aliphatic carbocycles. The van der Waals surface area contributed by atoms with Crippen molar-refractivity contribution in [2.75, 3.05) is 39.5 Å². The van der Waals surface area contributed by atoms with E-state index in [0.29, 0.717) is 19.8 Å². The molecule has 124 valence electrons. The first-order valence-corrected chi connectivity index (χ1v) is 8.24. The molecule has 4 rings (SSSR count). The molecule has 0 saturated carbocycles. The van der Waals surface area contributed by atoms with Crippen molar-refractivity contribution in [2.24, 2.45) is 0 Å². The fourth-order valence-corrected chi connectivity index (χ4v) is 3.46. The molecule has 3 aliphatic heterocycles. The standard InChI is InChI=1S/C17H22N2O4/c20-16-11-23-17(12-18-16)3-5-19(6-4-17)10-13-1-2-14-15(9-13)22-8-7-21-14/h1-2,9H,3-8,10-12H2,(H,18,20). The molecular formula is C17H22N2O4. The fourth-order valence-electron chi connectivity index (χ4n) is 3.46. The Bertz CT molecular complexity index is 584. The molecule has 6 nitrogen and oxygen atoms in total. The lowest BCUT2D eigenvalue weighted by molar-refractivity contribution is -0.150. The Morgan fingerprint density at radius 3 is 2.65 bits per heavy atom. The number of nitrogens with one attached hydrogen (secondary N) is 1. The molecule has 2 saturated heterocycles. The van der Waals surface area contributed by atoms with Crippen molar-refractivity contribution in [3.8, 4) is 11.5 Å². The van der Waals surface area contributed by atoms with E-state index in [1.54, 1.807) is 0 Å². The van der Waals surface area contributed by atoms with Crippen LogP contribution in [0.2, 0.25) is 0 Å². The van der Waals surface area contributed by atoms with Gasteiger partial charge in [-0.3, -0.25) is 9.69 Å². The van der Waals surface area contributed by atoms with Gasteiger partial charge in [-0.05, 0) is 30.5 Å². The molecule has 0 radical (unpaired) electrons. The minimum Gasteiger partial charge on any atom is -0.486 e. The molecule has 23 heavy (non-hydrogen) atoms. The average molecular weight is 318 g/mol. The quantitative estimate of drug-likeness (QED) is 0.879. The summed E-state index contributed by atoms with van der Waals surface area (Å²) in [5, 5.41) is 2.93. The molecule has 1 aromatic rings. The lowest BCUT2D eigenvalue weighted by Gasteiger charge is -2.43. The number of rotatable bonds is 2. The maximum atomic E-state index is 11.2. The summed E-state index contributed by atoms with van der Waals surface area (Å²) >= 11 is 0. The molecule has 3 aliphatic rings. The zero-order chi connectivity index (χ0) is 15.7. The van der Waals surface area contributed by atoms with E-state index in [2.05, 4.69) is 22.3 Å². The van der Waals surface area contributed by atoms with E-state index in [1.165, 1.54) is 5.56 Å². The number of nitrogens with zero attached hydrogens (tertiary/aromatic N) is 1. The Morgan fingerprint density at radius 2 is 1.91 bits per heavy atom. The van der Waals surface area contributed by atoms with Crippen LogP contribution in [0.1, 0.15) is 18.4 Å². The van der Waals surface area contributed by atoms with E-state index < -0.39 is 0 Å². The molecule has 6 heteroatoms. The van der Waals surface area contributed by atoms with Crippen molar-refractivity contribution >= 4 is 5.91 Å². The average Bonchev–Trinajstić information content (AvgIpc) is 2.60. The van der Waals surface area contributed by atoms with Crippen molar-refractivity contribution in [1.82, 2.24) is 10.2 Å². The summed E-state index contributed by atoms with van der Waals surface area (Å²) in [6.07, 6.45) is 1.91. The third-order valence-corrected chi connectivity index (χ3v) is 4.90. The SMILES string of the molecule is O=C1COC2(CCN(Cc3ccc4c(c3)OCCO4)CC2)CN1. The monoisotopic (exact) mass is 318 g/mol. The van der Waals surface area contributed by atoms with E-state index >= 15 is 0 Å². The second kappa shape index (κ2) is 6.02. The molecular weight excluding hydrogens is 296 g/mol. The van der Waals surface area contributed by atoms with Crippen molar-refractivity contribution in [3.63, 3.8) is 0 Å². The topological polar surface area (TPSA) is 60.0 Å². The van der Waals surface area contributed by atoms with Gasteiger partial charge in [-0.1, -0.05) is 6.07 Å². The predicted octanol–water partition coefficient (Wildman–Crippen LogP) is 0.939. The summed E-state index contributed by atoms with van der Waals surface area (Å²) in [6.45, 7) is 4.93. The Labute approximate surface area is 135 Å². The second-order valence-electron chi connectivity index (χ2n) is 6.50. The van der Waals surface area contributed by atoms with E-state index in [4.69, 9.17) is 14.2 Å². The van der Waals surface area contributed by atoms with Gasteiger partial charge in [0.2, 0.25) is 5.91 Å². The highest BCUT2D eigenvalue weighted by Gasteiger charge is 2.38. The van der Waals surface area contributed by atoms with Gasteiger partial charge in [-0.15, -0.1) is 0 Å². The molecule has 3 heterocycles. The number of piperidine rings is 1. The largest absolute Gasteiger partial charge is 0.486 e. The number of hydrogen-bond donors (Lipinski definition) is 1. The summed E-state index contributed by atoms with van der Waals surface area (Å²) in [4.78, 5) is 13.7. The summed E-state index contributed by atoms with van der Waals surface area (Å²) in [7, 11) is 0. The summed E-state index contributed by atoms with van der Waals surface area (Å²) in [5.41, 5.74) is 1.08. The number of carbonyl (C=O) groups excluding carboxylic acids is 1. The number of morpholine rings is 1. The predicted molar refractivity (Wildman–Crippen MR) is 83.6 cm³/mol. The molecule has 1 N–H and O–H groups in total. The highest BCUT2D eigenvalue weighted by Crippen LogP contribution is 2.32. The number of fused-ring (bicyclic) bond motifs is 1. The van der Waals surface area contributed by atoms with Gasteiger partial charge in [-0.25, -0.2) is 0 Å². The van der Waals surface area contributed by atoms with Gasteiger partial charge >= 0.3 is 0 Å². The van der Waals surface area contributed by atoms with Gasteiger partial charge in [0.1, 0.15) is 19.8 Å². The van der Waals surface area contributed by atoms with Crippen LogP contribution in [0.25, 0.3) is 0 Å². The summed E-state index contributed by atoms with van der Waals surface area (Å²) < 4.78 is 17.0. The Kier molecular flexibility index (Phi) is 3.87. The molecule has 1 amide bonds. The number of carbonyl (C=O) groups is 1. The highest BCUT2D eigenvalue weighted by molar-refractivity contribution is 5.78. The molecule has 0 unspecified atom stereocenters. The maximum Gasteiger partial charge on any atom is 0.246 e. The Balaban J connectivity index is 1.35. The Hall–Kier alpha value is -1.79. The lowest BCUT2D eigenvalue weighted by Crippen LogP contribution is -2.57. The van der Waals surface area contributed by atoms with Gasteiger partial charge in [0.05, 0.1) is 5.60 Å². The molecule has 1 spiro atoms. The molecule has 0 bridgehead atoms. The van der Waals surface area contributed by atoms with Crippen molar-refractivity contribution in [1.29, 1.82) is 0 Å². The van der Waals surface area contributed by atoms with Crippen LogP contribution < -0.4 is 14.8 Å². The lowest BCUT2D eigenvalue weighted by atomic mass is 9.90. The van der Waals surface area contributed by atoms with Crippen LogP contribution in [-0.4, -0.2) is 55.9 Å². The number of amides is 1. The van der Waals surface area contributed by atoms with Crippen LogP contribution in [0.4, 0.5) is 0 Å². The van der Waals surface area contributed by atoms with Gasteiger partial charge in [0, 0.05) is 26.2 Å². The van der Waals surface area contributed by atoms with Crippen molar-refractivity contribution in [3.05, 3.63) is 23.8 Å². The van der Waals surface area contributed by atoms with Crippen LogP contribution >= 0.6 is 0 Å². The number of likely N-dealkylation sites (tertiary alicyclic amines) is 1. The molecule has 0 aromatic heterocycles. The minimum absolute atomic E-state index is 0.00525. The first-order valence-electron chi connectivity index (χ1n) is 8.24. The smallest absolute Gasteiger partial charge is 0.246 e. The minimum atomic E-state index is -0.156. The summed E-state index contributed by atoms with van der Waals surface area (Å²) in [6, 6.07) is 6.18. The Morgan fingerprint density at radius 1 is 1.13 bits per heavy atom. The third-order valence-electron chi connectivity index (χ3n) is 4.90. The zero-order valence-corrected chi connectivity index (χ0v) is 13.2. The molecule has 1 aromatic carbocycles. The van der Waals surface area contributed by atoms with Gasteiger partial charge in [-0.2, -0.15) is 0 Å². The first-order chi connectivity index (χ1) is 11.2. The van der Waals surface area contributed by atoms with Crippen molar-refractivity contribution in [2.45, 2.75) is 25.0 Å². The van der Waals surface area contributed by atoms with E-state index in [1.807, 2.05) is 6.07 Å². The zero-order valence-electron chi connectivity index (χ0n) is 13.2. The van der Waals surface area contributed by atoms with Gasteiger partial charge in [0.15, 0.2) is 11.5 Å². The number of hydrogen-bond acceptors (Lipinski definition) is 5. The molecule has 2 fully saturated rings.